The van der Waals surface area contributed by atoms with Gasteiger partial charge in [0.2, 0.25) is 0 Å². The van der Waals surface area contributed by atoms with Crippen molar-refractivity contribution in [2.75, 3.05) is 27.4 Å². The molecular formula is C24H26ClN3O5. The number of aromatic nitrogens is 2. The summed E-state index contributed by atoms with van der Waals surface area (Å²) in [6, 6.07) is 12.3. The third-order valence-corrected chi connectivity index (χ3v) is 5.62. The molecular weight excluding hydrogens is 446 g/mol. The maximum absolute atomic E-state index is 12.3. The lowest BCUT2D eigenvalue weighted by molar-refractivity contribution is -0.124. The number of nitrogens with zero attached hydrogens (tertiary/aromatic N) is 2. The zero-order chi connectivity index (χ0) is 24.0. The van der Waals surface area contributed by atoms with E-state index < -0.39 is 5.97 Å². The molecule has 1 amide bonds. The molecule has 0 aliphatic carbocycles. The van der Waals surface area contributed by atoms with Crippen LogP contribution < -0.4 is 14.8 Å². The van der Waals surface area contributed by atoms with Gasteiger partial charge in [0, 0.05) is 6.54 Å². The lowest BCUT2D eigenvalue weighted by Crippen LogP contribution is -2.30. The van der Waals surface area contributed by atoms with E-state index >= 15 is 0 Å². The minimum absolute atomic E-state index is 0.338. The van der Waals surface area contributed by atoms with Crippen LogP contribution in [0.5, 0.6) is 11.5 Å². The number of amides is 1. The van der Waals surface area contributed by atoms with Crippen LogP contribution in [0.2, 0.25) is 5.02 Å². The van der Waals surface area contributed by atoms with Crippen LogP contribution in [-0.2, 0) is 16.0 Å². The van der Waals surface area contributed by atoms with Crippen LogP contribution in [0, 0.1) is 13.8 Å². The number of aryl methyl sites for hydroxylation is 1. The van der Waals surface area contributed by atoms with Crippen molar-refractivity contribution in [1.82, 2.24) is 15.1 Å². The lowest BCUT2D eigenvalue weighted by atomic mass is 10.1. The zero-order valence-electron chi connectivity index (χ0n) is 19.0. The molecule has 0 spiro atoms. The van der Waals surface area contributed by atoms with E-state index in [1.165, 1.54) is 0 Å². The number of ether oxygens (including phenoxy) is 3. The van der Waals surface area contributed by atoms with Crippen LogP contribution >= 0.6 is 11.6 Å². The Kier molecular flexibility index (Phi) is 7.95. The van der Waals surface area contributed by atoms with E-state index in [1.807, 2.05) is 32.0 Å². The van der Waals surface area contributed by atoms with Gasteiger partial charge in [0.15, 0.2) is 18.1 Å². The standard InChI is InChI=1S/C24H26ClN3O5/c1-15-23(25)16(2)28(27-15)19-8-6-18(7-9-19)24(30)33-14-22(29)26-12-11-17-5-10-20(31-3)21(13-17)32-4/h5-10,13H,11-12,14H2,1-4H3,(H,26,29). The highest BCUT2D eigenvalue weighted by atomic mass is 35.5. The van der Waals surface area contributed by atoms with Crippen LogP contribution in [0.25, 0.3) is 5.69 Å². The average molecular weight is 472 g/mol. The molecule has 0 saturated heterocycles. The van der Waals surface area contributed by atoms with Gasteiger partial charge in [0.05, 0.1) is 41.9 Å². The van der Waals surface area contributed by atoms with Crippen molar-refractivity contribution in [1.29, 1.82) is 0 Å². The second-order valence-electron chi connectivity index (χ2n) is 7.31. The molecule has 3 aromatic rings. The predicted octanol–water partition coefficient (Wildman–Crippen LogP) is 3.68. The highest BCUT2D eigenvalue weighted by Crippen LogP contribution is 2.27. The third-order valence-electron chi connectivity index (χ3n) is 5.07. The van der Waals surface area contributed by atoms with Gasteiger partial charge in [0.1, 0.15) is 0 Å². The number of hydrogen-bond donors (Lipinski definition) is 1. The fourth-order valence-corrected chi connectivity index (χ4v) is 3.38. The summed E-state index contributed by atoms with van der Waals surface area (Å²) in [6.45, 7) is 3.73. The maximum Gasteiger partial charge on any atom is 0.338 e. The normalized spacial score (nSPS) is 10.6. The molecule has 3 rings (SSSR count). The first kappa shape index (κ1) is 24.1. The molecule has 0 atom stereocenters. The SMILES string of the molecule is COc1ccc(CCNC(=O)COC(=O)c2ccc(-n3nc(C)c(Cl)c3C)cc2)cc1OC. The molecule has 9 heteroatoms. The lowest BCUT2D eigenvalue weighted by Gasteiger charge is -2.10. The van der Waals surface area contributed by atoms with Gasteiger partial charge in [-0.05, 0) is 62.2 Å². The Morgan fingerprint density at radius 1 is 1.03 bits per heavy atom. The number of rotatable bonds is 9. The summed E-state index contributed by atoms with van der Waals surface area (Å²) in [6.07, 6.45) is 0.595. The van der Waals surface area contributed by atoms with Crippen LogP contribution in [-0.4, -0.2) is 49.0 Å². The number of hydrogen-bond acceptors (Lipinski definition) is 6. The first-order chi connectivity index (χ1) is 15.8. The number of carbonyl (C=O) groups excluding carboxylic acids is 2. The number of nitrogens with one attached hydrogen (secondary N) is 1. The molecule has 1 N–H and O–H groups in total. The fourth-order valence-electron chi connectivity index (χ4n) is 3.26. The summed E-state index contributed by atoms with van der Waals surface area (Å²) >= 11 is 6.19. The molecule has 0 unspecified atom stereocenters. The number of methoxy groups -OCH3 is 2. The van der Waals surface area contributed by atoms with Crippen molar-refractivity contribution < 1.29 is 23.8 Å². The first-order valence-corrected chi connectivity index (χ1v) is 10.7. The van der Waals surface area contributed by atoms with Crippen molar-refractivity contribution in [3.05, 3.63) is 70.0 Å². The highest BCUT2D eigenvalue weighted by Gasteiger charge is 2.13. The molecule has 0 saturated carbocycles. The Balaban J connectivity index is 1.47. The molecule has 174 valence electrons. The monoisotopic (exact) mass is 471 g/mol. The molecule has 0 fully saturated rings. The highest BCUT2D eigenvalue weighted by molar-refractivity contribution is 6.31. The van der Waals surface area contributed by atoms with Gasteiger partial charge in [-0.25, -0.2) is 9.48 Å². The third kappa shape index (κ3) is 5.84. The number of carbonyl (C=O) groups is 2. The molecule has 0 aliphatic heterocycles. The van der Waals surface area contributed by atoms with E-state index in [0.717, 1.165) is 22.6 Å². The van der Waals surface area contributed by atoms with Crippen molar-refractivity contribution >= 4 is 23.5 Å². The Bertz CT molecular complexity index is 1140. The van der Waals surface area contributed by atoms with E-state index in [0.29, 0.717) is 35.1 Å². The van der Waals surface area contributed by atoms with E-state index in [9.17, 15) is 9.59 Å². The van der Waals surface area contributed by atoms with Gasteiger partial charge in [0.25, 0.3) is 5.91 Å². The van der Waals surface area contributed by atoms with Gasteiger partial charge in [-0.3, -0.25) is 4.79 Å². The summed E-state index contributed by atoms with van der Waals surface area (Å²) in [4.78, 5) is 24.3. The average Bonchev–Trinajstić information content (AvgIpc) is 3.09. The first-order valence-electron chi connectivity index (χ1n) is 10.3. The fraction of sp³-hybridized carbons (Fsp3) is 0.292. The summed E-state index contributed by atoms with van der Waals surface area (Å²) in [5, 5.41) is 7.73. The van der Waals surface area contributed by atoms with E-state index in [2.05, 4.69) is 10.4 Å². The predicted molar refractivity (Wildman–Crippen MR) is 125 cm³/mol. The summed E-state index contributed by atoms with van der Waals surface area (Å²) in [5.41, 5.74) is 3.63. The van der Waals surface area contributed by atoms with Gasteiger partial charge >= 0.3 is 5.97 Å². The second kappa shape index (κ2) is 10.9. The Morgan fingerprint density at radius 2 is 1.73 bits per heavy atom. The molecule has 1 aromatic heterocycles. The largest absolute Gasteiger partial charge is 0.493 e. The summed E-state index contributed by atoms with van der Waals surface area (Å²) < 4.78 is 17.3. The summed E-state index contributed by atoms with van der Waals surface area (Å²) in [5.74, 6) is 0.312. The molecule has 33 heavy (non-hydrogen) atoms. The van der Waals surface area contributed by atoms with E-state index in [1.54, 1.807) is 43.2 Å². The van der Waals surface area contributed by atoms with Gasteiger partial charge < -0.3 is 19.5 Å². The number of esters is 1. The number of benzene rings is 2. The van der Waals surface area contributed by atoms with Crippen LogP contribution in [0.1, 0.15) is 27.3 Å². The molecule has 0 radical (unpaired) electrons. The molecule has 1 heterocycles. The van der Waals surface area contributed by atoms with Crippen LogP contribution in [0.3, 0.4) is 0 Å². The number of halogens is 1. The minimum Gasteiger partial charge on any atom is -0.493 e. The van der Waals surface area contributed by atoms with Gasteiger partial charge in [-0.15, -0.1) is 0 Å². The van der Waals surface area contributed by atoms with E-state index in [-0.39, 0.29) is 12.5 Å². The topological polar surface area (TPSA) is 91.7 Å². The van der Waals surface area contributed by atoms with Gasteiger partial charge in [-0.2, -0.15) is 5.10 Å². The maximum atomic E-state index is 12.3. The van der Waals surface area contributed by atoms with Crippen molar-refractivity contribution in [3.63, 3.8) is 0 Å². The zero-order valence-corrected chi connectivity index (χ0v) is 19.7. The molecule has 0 bridgehead atoms. The Hall–Kier alpha value is -3.52. The van der Waals surface area contributed by atoms with E-state index in [4.69, 9.17) is 25.8 Å². The van der Waals surface area contributed by atoms with Crippen molar-refractivity contribution in [3.8, 4) is 17.2 Å². The van der Waals surface area contributed by atoms with Gasteiger partial charge in [-0.1, -0.05) is 17.7 Å². The molecule has 2 aromatic carbocycles. The van der Waals surface area contributed by atoms with Crippen molar-refractivity contribution in [2.24, 2.45) is 0 Å². The second-order valence-corrected chi connectivity index (χ2v) is 7.69. The van der Waals surface area contributed by atoms with Crippen LogP contribution in [0.4, 0.5) is 0 Å². The Labute approximate surface area is 197 Å². The summed E-state index contributed by atoms with van der Waals surface area (Å²) in [7, 11) is 3.14. The smallest absolute Gasteiger partial charge is 0.338 e. The molecule has 0 aliphatic rings. The van der Waals surface area contributed by atoms with Crippen LogP contribution in [0.15, 0.2) is 42.5 Å². The van der Waals surface area contributed by atoms with Crippen molar-refractivity contribution in [2.45, 2.75) is 20.3 Å². The molecule has 8 nitrogen and oxygen atoms in total. The minimum atomic E-state index is -0.581. The quantitative estimate of drug-likeness (QED) is 0.479. The Morgan fingerprint density at radius 3 is 2.33 bits per heavy atom.